The zero-order valence-electron chi connectivity index (χ0n) is 13.2. The fourth-order valence-electron chi connectivity index (χ4n) is 2.56. The summed E-state index contributed by atoms with van der Waals surface area (Å²) in [6.45, 7) is 1.85. The van der Waals surface area contributed by atoms with Crippen LogP contribution in [0.2, 0.25) is 0 Å². The Bertz CT molecular complexity index is 895. The number of nitrogens with two attached hydrogens (primary N) is 1. The molecule has 2 aromatic carbocycles. The topological polar surface area (TPSA) is 74.7 Å². The van der Waals surface area contributed by atoms with E-state index in [-0.39, 0.29) is 5.78 Å². The van der Waals surface area contributed by atoms with Gasteiger partial charge in [-0.15, -0.1) is 0 Å². The number of hydrogen-bond donors (Lipinski definition) is 1. The minimum absolute atomic E-state index is 0.210. The van der Waals surface area contributed by atoms with Crippen molar-refractivity contribution >= 4 is 22.4 Å². The van der Waals surface area contributed by atoms with Gasteiger partial charge in [0.05, 0.1) is 14.2 Å². The smallest absolute Gasteiger partial charge is 0.228 e. The molecule has 0 aliphatic rings. The molecule has 118 valence electrons. The third kappa shape index (κ3) is 2.50. The van der Waals surface area contributed by atoms with E-state index >= 15 is 0 Å². The third-order valence-electron chi connectivity index (χ3n) is 3.81. The van der Waals surface area contributed by atoms with Crippen LogP contribution in [0.15, 0.2) is 40.8 Å². The van der Waals surface area contributed by atoms with Crippen LogP contribution in [0.5, 0.6) is 11.5 Å². The van der Waals surface area contributed by atoms with Crippen LogP contribution in [0.1, 0.15) is 21.7 Å². The summed E-state index contributed by atoms with van der Waals surface area (Å²) in [7, 11) is 3.08. The van der Waals surface area contributed by atoms with Gasteiger partial charge >= 0.3 is 0 Å². The number of methoxy groups -OCH3 is 2. The van der Waals surface area contributed by atoms with Crippen LogP contribution in [0.4, 0.5) is 5.69 Å². The first-order valence-electron chi connectivity index (χ1n) is 7.10. The lowest BCUT2D eigenvalue weighted by molar-refractivity contribution is 0.101. The first-order valence-corrected chi connectivity index (χ1v) is 7.10. The summed E-state index contributed by atoms with van der Waals surface area (Å²) in [6.07, 6.45) is 0. The molecular formula is C18H17NO4. The van der Waals surface area contributed by atoms with E-state index in [1.165, 1.54) is 7.11 Å². The SMILES string of the molecule is COc1ccc(C(=O)c2oc3ccc(N)cc3c2C)cc1OC. The van der Waals surface area contributed by atoms with Crippen molar-refractivity contribution < 1.29 is 18.7 Å². The quantitative estimate of drug-likeness (QED) is 0.589. The Morgan fingerprint density at radius 1 is 1.04 bits per heavy atom. The van der Waals surface area contributed by atoms with E-state index in [2.05, 4.69) is 0 Å². The summed E-state index contributed by atoms with van der Waals surface area (Å²) in [5.74, 6) is 1.16. The largest absolute Gasteiger partial charge is 0.493 e. The van der Waals surface area contributed by atoms with Gasteiger partial charge in [0.2, 0.25) is 5.78 Å². The maximum atomic E-state index is 12.8. The monoisotopic (exact) mass is 311 g/mol. The van der Waals surface area contributed by atoms with Crippen molar-refractivity contribution in [2.45, 2.75) is 6.92 Å². The van der Waals surface area contributed by atoms with Gasteiger partial charge in [-0.2, -0.15) is 0 Å². The van der Waals surface area contributed by atoms with Gasteiger partial charge in [0.1, 0.15) is 5.58 Å². The van der Waals surface area contributed by atoms with E-state index in [1.54, 1.807) is 43.5 Å². The summed E-state index contributed by atoms with van der Waals surface area (Å²) >= 11 is 0. The van der Waals surface area contributed by atoms with Crippen molar-refractivity contribution in [3.8, 4) is 11.5 Å². The number of carbonyl (C=O) groups excluding carboxylic acids is 1. The Kier molecular flexibility index (Phi) is 3.70. The standard InChI is InChI=1S/C18H17NO4/c1-10-13-9-12(19)5-7-14(13)23-18(10)17(20)11-4-6-15(21-2)16(8-11)22-3/h4-9H,19H2,1-3H3. The molecule has 0 unspecified atom stereocenters. The van der Waals surface area contributed by atoms with E-state index in [0.29, 0.717) is 34.1 Å². The van der Waals surface area contributed by atoms with Crippen LogP contribution in [0.25, 0.3) is 11.0 Å². The molecule has 0 saturated heterocycles. The third-order valence-corrected chi connectivity index (χ3v) is 3.81. The zero-order chi connectivity index (χ0) is 16.6. The molecule has 0 amide bonds. The minimum atomic E-state index is -0.210. The molecule has 0 atom stereocenters. The molecule has 0 aliphatic heterocycles. The summed E-state index contributed by atoms with van der Waals surface area (Å²) in [6, 6.07) is 10.3. The summed E-state index contributed by atoms with van der Waals surface area (Å²) in [5.41, 5.74) is 8.31. The van der Waals surface area contributed by atoms with Crippen LogP contribution in [-0.4, -0.2) is 20.0 Å². The molecule has 23 heavy (non-hydrogen) atoms. The number of ketones is 1. The van der Waals surface area contributed by atoms with Crippen LogP contribution in [0.3, 0.4) is 0 Å². The van der Waals surface area contributed by atoms with Gasteiger partial charge in [-0.05, 0) is 43.3 Å². The van der Waals surface area contributed by atoms with Crippen molar-refractivity contribution in [1.82, 2.24) is 0 Å². The Morgan fingerprint density at radius 2 is 1.78 bits per heavy atom. The van der Waals surface area contributed by atoms with Gasteiger partial charge in [0, 0.05) is 22.2 Å². The average molecular weight is 311 g/mol. The average Bonchev–Trinajstić information content (AvgIpc) is 2.90. The van der Waals surface area contributed by atoms with Gasteiger partial charge in [0.15, 0.2) is 17.3 Å². The molecule has 5 heteroatoms. The van der Waals surface area contributed by atoms with Crippen molar-refractivity contribution in [3.63, 3.8) is 0 Å². The first-order chi connectivity index (χ1) is 11.0. The number of aryl methyl sites for hydroxylation is 1. The highest BCUT2D eigenvalue weighted by Crippen LogP contribution is 2.32. The van der Waals surface area contributed by atoms with Crippen LogP contribution in [0, 0.1) is 6.92 Å². The molecule has 0 spiro atoms. The minimum Gasteiger partial charge on any atom is -0.493 e. The van der Waals surface area contributed by atoms with Crippen molar-refractivity contribution in [1.29, 1.82) is 0 Å². The maximum Gasteiger partial charge on any atom is 0.228 e. The van der Waals surface area contributed by atoms with Gasteiger partial charge in [-0.1, -0.05) is 0 Å². The highest BCUT2D eigenvalue weighted by molar-refractivity contribution is 6.11. The summed E-state index contributed by atoms with van der Waals surface area (Å²) < 4.78 is 16.2. The van der Waals surface area contributed by atoms with Gasteiger partial charge in [-0.25, -0.2) is 0 Å². The molecule has 1 aromatic heterocycles. The van der Waals surface area contributed by atoms with Crippen molar-refractivity contribution in [2.75, 3.05) is 20.0 Å². The molecule has 1 heterocycles. The molecule has 5 nitrogen and oxygen atoms in total. The van der Waals surface area contributed by atoms with Crippen LogP contribution in [-0.2, 0) is 0 Å². The molecule has 0 radical (unpaired) electrons. The van der Waals surface area contributed by atoms with E-state index in [9.17, 15) is 4.79 Å². The second-order valence-corrected chi connectivity index (χ2v) is 5.21. The lowest BCUT2D eigenvalue weighted by atomic mass is 10.0. The lowest BCUT2D eigenvalue weighted by Crippen LogP contribution is -2.02. The molecular weight excluding hydrogens is 294 g/mol. The second kappa shape index (κ2) is 5.68. The molecule has 0 bridgehead atoms. The maximum absolute atomic E-state index is 12.8. The van der Waals surface area contributed by atoms with Crippen LogP contribution >= 0.6 is 0 Å². The van der Waals surface area contributed by atoms with Crippen molar-refractivity contribution in [3.05, 3.63) is 53.3 Å². The molecule has 3 rings (SSSR count). The Balaban J connectivity index is 2.08. The molecule has 3 aromatic rings. The Morgan fingerprint density at radius 3 is 2.48 bits per heavy atom. The normalized spacial score (nSPS) is 10.7. The molecule has 0 fully saturated rings. The number of fused-ring (bicyclic) bond motifs is 1. The van der Waals surface area contributed by atoms with Crippen LogP contribution < -0.4 is 15.2 Å². The Hall–Kier alpha value is -2.95. The number of ether oxygens (including phenoxy) is 2. The van der Waals surface area contributed by atoms with Gasteiger partial charge in [-0.3, -0.25) is 4.79 Å². The van der Waals surface area contributed by atoms with Gasteiger partial charge < -0.3 is 19.6 Å². The number of benzene rings is 2. The highest BCUT2D eigenvalue weighted by atomic mass is 16.5. The lowest BCUT2D eigenvalue weighted by Gasteiger charge is -2.08. The van der Waals surface area contributed by atoms with E-state index in [4.69, 9.17) is 19.6 Å². The van der Waals surface area contributed by atoms with E-state index in [1.807, 2.05) is 6.92 Å². The second-order valence-electron chi connectivity index (χ2n) is 5.21. The fourth-order valence-corrected chi connectivity index (χ4v) is 2.56. The zero-order valence-corrected chi connectivity index (χ0v) is 13.2. The fraction of sp³-hybridized carbons (Fsp3) is 0.167. The predicted molar refractivity (Wildman–Crippen MR) is 88.3 cm³/mol. The number of hydrogen-bond acceptors (Lipinski definition) is 5. The number of rotatable bonds is 4. The predicted octanol–water partition coefficient (Wildman–Crippen LogP) is 3.57. The highest BCUT2D eigenvalue weighted by Gasteiger charge is 2.20. The molecule has 0 saturated carbocycles. The van der Waals surface area contributed by atoms with Gasteiger partial charge in [0.25, 0.3) is 0 Å². The molecule has 2 N–H and O–H groups in total. The Labute approximate surface area is 133 Å². The number of nitrogen functional groups attached to an aromatic ring is 1. The molecule has 0 aliphatic carbocycles. The summed E-state index contributed by atoms with van der Waals surface area (Å²) in [5, 5.41) is 0.842. The number of carbonyl (C=O) groups is 1. The van der Waals surface area contributed by atoms with E-state index < -0.39 is 0 Å². The van der Waals surface area contributed by atoms with Crippen molar-refractivity contribution in [2.24, 2.45) is 0 Å². The number of anilines is 1. The van der Waals surface area contributed by atoms with E-state index in [0.717, 1.165) is 10.9 Å². The summed E-state index contributed by atoms with van der Waals surface area (Å²) in [4.78, 5) is 12.8. The first kappa shape index (κ1) is 15.0. The number of furan rings is 1.